The van der Waals surface area contributed by atoms with E-state index in [0.717, 1.165) is 21.7 Å². The molecule has 3 atom stereocenters. The molecule has 0 spiro atoms. The average molecular weight is 473 g/mol. The first-order valence-corrected chi connectivity index (χ1v) is 12.4. The summed E-state index contributed by atoms with van der Waals surface area (Å²) >= 11 is 1.61. The van der Waals surface area contributed by atoms with Crippen LogP contribution in [-0.2, 0) is 16.1 Å². The van der Waals surface area contributed by atoms with Gasteiger partial charge in [-0.1, -0.05) is 58.9 Å². The van der Waals surface area contributed by atoms with Crippen LogP contribution in [0.2, 0.25) is 0 Å². The number of hydrogen-bond donors (Lipinski definition) is 3. The van der Waals surface area contributed by atoms with Crippen LogP contribution >= 0.6 is 11.3 Å². The molecule has 1 aliphatic heterocycles. The fourth-order valence-electron chi connectivity index (χ4n) is 4.16. The minimum absolute atomic E-state index is 0.120. The van der Waals surface area contributed by atoms with Crippen molar-refractivity contribution in [1.82, 2.24) is 20.5 Å². The SMILES string of the molecule is Cc1ncsc1-c1ccc(CNC(=O)[C@@H]2C[C@@H](O)CN2C(=O)C(NC(C)C)C(C)(C)C)cc1. The fourth-order valence-corrected chi connectivity index (χ4v) is 4.97. The van der Waals surface area contributed by atoms with Crippen molar-refractivity contribution in [3.63, 3.8) is 0 Å². The standard InChI is InChI=1S/C25H36N4O3S/c1-15(2)28-22(25(4,5)6)24(32)29-13-19(30)11-20(29)23(31)26-12-17-7-9-18(10-8-17)21-16(3)27-14-33-21/h7-10,14-15,19-20,22,28,30H,11-13H2,1-6H3,(H,26,31)/t19-,20+,22?/m1/s1. The van der Waals surface area contributed by atoms with Gasteiger partial charge in [0.05, 0.1) is 28.2 Å². The topological polar surface area (TPSA) is 94.6 Å². The van der Waals surface area contributed by atoms with Crippen LogP contribution < -0.4 is 10.6 Å². The van der Waals surface area contributed by atoms with E-state index in [2.05, 4.69) is 15.6 Å². The largest absolute Gasteiger partial charge is 0.391 e. The first-order chi connectivity index (χ1) is 15.5. The van der Waals surface area contributed by atoms with E-state index in [1.165, 1.54) is 0 Å². The minimum Gasteiger partial charge on any atom is -0.391 e. The molecule has 0 saturated carbocycles. The third kappa shape index (κ3) is 6.19. The number of aliphatic hydroxyl groups is 1. The van der Waals surface area contributed by atoms with E-state index >= 15 is 0 Å². The Morgan fingerprint density at radius 1 is 1.24 bits per heavy atom. The summed E-state index contributed by atoms with van der Waals surface area (Å²) in [6.07, 6.45) is -0.453. The highest BCUT2D eigenvalue weighted by Crippen LogP contribution is 2.28. The van der Waals surface area contributed by atoms with E-state index in [1.54, 1.807) is 16.2 Å². The van der Waals surface area contributed by atoms with Gasteiger partial charge >= 0.3 is 0 Å². The Morgan fingerprint density at radius 2 is 1.91 bits per heavy atom. The molecule has 0 radical (unpaired) electrons. The van der Waals surface area contributed by atoms with Crippen LogP contribution in [0.3, 0.4) is 0 Å². The van der Waals surface area contributed by atoms with E-state index in [9.17, 15) is 14.7 Å². The Hall–Kier alpha value is -2.29. The number of aryl methyl sites for hydroxylation is 1. The van der Waals surface area contributed by atoms with Crippen molar-refractivity contribution in [2.45, 2.75) is 78.7 Å². The number of likely N-dealkylation sites (tertiary alicyclic amines) is 1. The maximum Gasteiger partial charge on any atom is 0.243 e. The summed E-state index contributed by atoms with van der Waals surface area (Å²) < 4.78 is 0. The van der Waals surface area contributed by atoms with E-state index in [4.69, 9.17) is 0 Å². The van der Waals surface area contributed by atoms with Crippen LogP contribution in [0.1, 0.15) is 52.3 Å². The second kappa shape index (κ2) is 10.3. The molecule has 0 aliphatic carbocycles. The number of carbonyl (C=O) groups is 2. The first-order valence-electron chi connectivity index (χ1n) is 11.5. The van der Waals surface area contributed by atoms with Gasteiger partial charge in [-0.25, -0.2) is 4.98 Å². The molecule has 180 valence electrons. The predicted molar refractivity (Wildman–Crippen MR) is 132 cm³/mol. The van der Waals surface area contributed by atoms with Gasteiger partial charge in [-0.15, -0.1) is 11.3 Å². The quantitative estimate of drug-likeness (QED) is 0.576. The molecule has 8 heteroatoms. The van der Waals surface area contributed by atoms with Gasteiger partial charge in [-0.05, 0) is 23.5 Å². The molecule has 1 fully saturated rings. The molecule has 3 rings (SSSR count). The third-order valence-electron chi connectivity index (χ3n) is 5.91. The number of benzene rings is 1. The van der Waals surface area contributed by atoms with Crippen molar-refractivity contribution in [3.05, 3.63) is 41.0 Å². The van der Waals surface area contributed by atoms with Gasteiger partial charge in [-0.3, -0.25) is 9.59 Å². The number of β-amino-alcohol motifs (C(OH)–C–C–N with tert-alkyl or cyclic N) is 1. The third-order valence-corrected chi connectivity index (χ3v) is 6.88. The number of nitrogens with one attached hydrogen (secondary N) is 2. The van der Waals surface area contributed by atoms with Gasteiger partial charge in [0.1, 0.15) is 6.04 Å². The van der Waals surface area contributed by atoms with E-state index in [0.29, 0.717) is 6.54 Å². The van der Waals surface area contributed by atoms with Crippen LogP contribution in [0, 0.1) is 12.3 Å². The molecule has 1 aliphatic rings. The maximum atomic E-state index is 13.4. The van der Waals surface area contributed by atoms with Crippen LogP contribution in [0.15, 0.2) is 29.8 Å². The Bertz CT molecular complexity index is 965. The molecule has 2 aromatic rings. The zero-order valence-electron chi connectivity index (χ0n) is 20.4. The summed E-state index contributed by atoms with van der Waals surface area (Å²) in [6, 6.07) is 7.04. The highest BCUT2D eigenvalue weighted by Gasteiger charge is 2.43. The van der Waals surface area contributed by atoms with Crippen LogP contribution in [0.5, 0.6) is 0 Å². The Kier molecular flexibility index (Phi) is 7.92. The lowest BCUT2D eigenvalue weighted by Gasteiger charge is -2.36. The van der Waals surface area contributed by atoms with Gasteiger partial charge < -0.3 is 20.6 Å². The molecular weight excluding hydrogens is 436 g/mol. The number of aromatic nitrogens is 1. The van der Waals surface area contributed by atoms with Crippen molar-refractivity contribution in [1.29, 1.82) is 0 Å². The molecule has 3 N–H and O–H groups in total. The van der Waals surface area contributed by atoms with Crippen LogP contribution in [0.4, 0.5) is 0 Å². The lowest BCUT2D eigenvalue weighted by atomic mass is 9.85. The van der Waals surface area contributed by atoms with Crippen molar-refractivity contribution < 1.29 is 14.7 Å². The smallest absolute Gasteiger partial charge is 0.243 e. The number of carbonyl (C=O) groups excluding carboxylic acids is 2. The molecule has 0 bridgehead atoms. The normalized spacial score (nSPS) is 19.7. The first kappa shape index (κ1) is 25.3. The zero-order valence-corrected chi connectivity index (χ0v) is 21.2. The van der Waals surface area contributed by atoms with Crippen molar-refractivity contribution in [3.8, 4) is 10.4 Å². The lowest BCUT2D eigenvalue weighted by molar-refractivity contribution is -0.142. The van der Waals surface area contributed by atoms with Crippen molar-refractivity contribution >= 4 is 23.2 Å². The van der Waals surface area contributed by atoms with Gasteiger partial charge in [0.15, 0.2) is 0 Å². The minimum atomic E-state index is -0.703. The summed E-state index contributed by atoms with van der Waals surface area (Å²) in [5.74, 6) is -0.378. The second-order valence-corrected chi connectivity index (χ2v) is 11.1. The number of thiazole rings is 1. The fraction of sp³-hybridized carbons (Fsp3) is 0.560. The van der Waals surface area contributed by atoms with E-state index < -0.39 is 18.2 Å². The molecule has 2 heterocycles. The molecule has 1 saturated heterocycles. The second-order valence-electron chi connectivity index (χ2n) is 10.2. The molecule has 1 aromatic carbocycles. The monoisotopic (exact) mass is 472 g/mol. The zero-order chi connectivity index (χ0) is 24.3. The highest BCUT2D eigenvalue weighted by atomic mass is 32.1. The predicted octanol–water partition coefficient (Wildman–Crippen LogP) is 3.11. The summed E-state index contributed by atoms with van der Waals surface area (Å²) in [6.45, 7) is 12.5. The highest BCUT2D eigenvalue weighted by molar-refractivity contribution is 7.13. The van der Waals surface area contributed by atoms with Gasteiger partial charge in [0.25, 0.3) is 0 Å². The Balaban J connectivity index is 1.66. The number of amides is 2. The number of hydrogen-bond acceptors (Lipinski definition) is 6. The van der Waals surface area contributed by atoms with Gasteiger partial charge in [-0.2, -0.15) is 0 Å². The number of rotatable bonds is 7. The van der Waals surface area contributed by atoms with Gasteiger partial charge in [0, 0.05) is 25.6 Å². The molecule has 1 aromatic heterocycles. The summed E-state index contributed by atoms with van der Waals surface area (Å²) in [5.41, 5.74) is 4.59. The van der Waals surface area contributed by atoms with Gasteiger partial charge in [0.2, 0.25) is 11.8 Å². The van der Waals surface area contributed by atoms with Crippen molar-refractivity contribution in [2.75, 3.05) is 6.54 Å². The molecule has 2 amide bonds. The van der Waals surface area contributed by atoms with Crippen LogP contribution in [0.25, 0.3) is 10.4 Å². The van der Waals surface area contributed by atoms with E-state index in [1.807, 2.05) is 71.3 Å². The molecular formula is C25H36N4O3S. The lowest BCUT2D eigenvalue weighted by Crippen LogP contribution is -2.57. The Morgan fingerprint density at radius 3 is 2.45 bits per heavy atom. The summed E-state index contributed by atoms with van der Waals surface area (Å²) in [5, 5.41) is 16.6. The molecule has 1 unspecified atom stereocenters. The van der Waals surface area contributed by atoms with E-state index in [-0.39, 0.29) is 36.2 Å². The van der Waals surface area contributed by atoms with Crippen LogP contribution in [-0.4, -0.2) is 57.6 Å². The average Bonchev–Trinajstić information content (AvgIpc) is 3.35. The van der Waals surface area contributed by atoms with Crippen molar-refractivity contribution in [2.24, 2.45) is 5.41 Å². The molecule has 33 heavy (non-hydrogen) atoms. The summed E-state index contributed by atoms with van der Waals surface area (Å²) in [7, 11) is 0. The summed E-state index contributed by atoms with van der Waals surface area (Å²) in [4.78, 5) is 33.4. The number of aliphatic hydroxyl groups excluding tert-OH is 1. The molecule has 7 nitrogen and oxygen atoms in total. The maximum absolute atomic E-state index is 13.4. The number of nitrogens with zero attached hydrogens (tertiary/aromatic N) is 2. The Labute approximate surface area is 200 Å².